The van der Waals surface area contributed by atoms with Crippen LogP contribution in [0.25, 0.3) is 0 Å². The van der Waals surface area contributed by atoms with Gasteiger partial charge < -0.3 is 9.64 Å². The topological polar surface area (TPSA) is 66.9 Å². The van der Waals surface area contributed by atoms with Crippen LogP contribution in [0.3, 0.4) is 0 Å². The van der Waals surface area contributed by atoms with Crippen molar-refractivity contribution in [1.29, 1.82) is 0 Å². The third-order valence-corrected chi connectivity index (χ3v) is 6.10. The maximum absolute atomic E-state index is 13.1. The van der Waals surface area contributed by atoms with Crippen LogP contribution in [0, 0.1) is 0 Å². The summed E-state index contributed by atoms with van der Waals surface area (Å²) in [4.78, 5) is 14.2. The van der Waals surface area contributed by atoms with E-state index in [1.807, 2.05) is 6.92 Å². The quantitative estimate of drug-likeness (QED) is 0.791. The van der Waals surface area contributed by atoms with Crippen molar-refractivity contribution in [3.05, 3.63) is 24.3 Å². The lowest BCUT2D eigenvalue weighted by Crippen LogP contribution is -2.57. The maximum Gasteiger partial charge on any atom is 0.247 e. The molecule has 1 aromatic rings. The zero-order valence-corrected chi connectivity index (χ0v) is 14.7. The highest BCUT2D eigenvalue weighted by Gasteiger charge is 2.41. The van der Waals surface area contributed by atoms with Crippen molar-refractivity contribution in [2.45, 2.75) is 37.1 Å². The van der Waals surface area contributed by atoms with Crippen LogP contribution in [0.5, 0.6) is 5.75 Å². The summed E-state index contributed by atoms with van der Waals surface area (Å²) in [5, 5.41) is 0. The molecule has 128 valence electrons. The van der Waals surface area contributed by atoms with Gasteiger partial charge in [-0.3, -0.25) is 4.79 Å². The molecule has 1 amide bonds. The molecule has 0 radical (unpaired) electrons. The van der Waals surface area contributed by atoms with Crippen LogP contribution in [0.1, 0.15) is 26.2 Å². The highest BCUT2D eigenvalue weighted by atomic mass is 32.2. The van der Waals surface area contributed by atoms with Gasteiger partial charge in [0.25, 0.3) is 0 Å². The van der Waals surface area contributed by atoms with Crippen molar-refractivity contribution in [2.24, 2.45) is 0 Å². The molecule has 1 heterocycles. The fraction of sp³-hybridized carbons (Fsp3) is 0.562. The number of carbonyl (C=O) groups is 1. The molecule has 1 aliphatic rings. The Morgan fingerprint density at radius 2 is 1.96 bits per heavy atom. The van der Waals surface area contributed by atoms with E-state index in [4.69, 9.17) is 4.74 Å². The Labute approximate surface area is 138 Å². The summed E-state index contributed by atoms with van der Waals surface area (Å²) >= 11 is 0. The molecule has 0 aliphatic carbocycles. The number of likely N-dealkylation sites (N-methyl/N-ethyl adjacent to an activating group) is 1. The number of hydrogen-bond acceptors (Lipinski definition) is 4. The molecule has 0 spiro atoms. The van der Waals surface area contributed by atoms with E-state index in [0.29, 0.717) is 25.3 Å². The average molecular weight is 340 g/mol. The number of rotatable bonds is 6. The van der Waals surface area contributed by atoms with Gasteiger partial charge in [-0.2, -0.15) is 4.31 Å². The molecule has 0 unspecified atom stereocenters. The second-order valence-electron chi connectivity index (χ2n) is 5.68. The Bertz CT molecular complexity index is 660. The van der Waals surface area contributed by atoms with Crippen molar-refractivity contribution in [1.82, 2.24) is 9.21 Å². The van der Waals surface area contributed by atoms with E-state index in [1.165, 1.54) is 17.5 Å². The third kappa shape index (κ3) is 3.50. The normalized spacial score (nSPS) is 19.9. The van der Waals surface area contributed by atoms with Gasteiger partial charge >= 0.3 is 0 Å². The number of unbranched alkanes of at least 4 members (excludes halogenated alkanes) is 1. The van der Waals surface area contributed by atoms with Gasteiger partial charge in [-0.15, -0.1) is 0 Å². The molecule has 0 N–H and O–H groups in total. The molecule has 6 nitrogen and oxygen atoms in total. The van der Waals surface area contributed by atoms with Crippen molar-refractivity contribution >= 4 is 15.9 Å². The van der Waals surface area contributed by atoms with Crippen molar-refractivity contribution in [3.8, 4) is 5.75 Å². The Kier molecular flexibility index (Phi) is 5.64. The van der Waals surface area contributed by atoms with E-state index >= 15 is 0 Å². The van der Waals surface area contributed by atoms with E-state index in [2.05, 4.69) is 0 Å². The summed E-state index contributed by atoms with van der Waals surface area (Å²) in [5.74, 6) is 0.163. The van der Waals surface area contributed by atoms with E-state index in [1.54, 1.807) is 30.1 Å². The number of carbonyl (C=O) groups excluding carboxylic acids is 1. The zero-order valence-electron chi connectivity index (χ0n) is 13.9. The van der Waals surface area contributed by atoms with Gasteiger partial charge in [0.05, 0.1) is 7.11 Å². The summed E-state index contributed by atoms with van der Waals surface area (Å²) in [7, 11) is -0.621. The van der Waals surface area contributed by atoms with E-state index in [9.17, 15) is 13.2 Å². The Hall–Kier alpha value is -1.60. The predicted molar refractivity (Wildman–Crippen MR) is 87.8 cm³/mol. The van der Waals surface area contributed by atoms with Crippen LogP contribution in [0.2, 0.25) is 0 Å². The van der Waals surface area contributed by atoms with E-state index < -0.39 is 16.1 Å². The number of nitrogens with zero attached hydrogens (tertiary/aromatic N) is 2. The minimum absolute atomic E-state index is 0.112. The summed E-state index contributed by atoms with van der Waals surface area (Å²) in [6.07, 6.45) is 2.26. The van der Waals surface area contributed by atoms with Gasteiger partial charge in [-0.25, -0.2) is 8.42 Å². The molecule has 1 atom stereocenters. The zero-order chi connectivity index (χ0) is 17.0. The summed E-state index contributed by atoms with van der Waals surface area (Å²) in [6, 6.07) is 5.89. The molecular weight excluding hydrogens is 316 g/mol. The van der Waals surface area contributed by atoms with Gasteiger partial charge in [0.1, 0.15) is 16.7 Å². The number of ether oxygens (including phenoxy) is 1. The van der Waals surface area contributed by atoms with Crippen LogP contribution in [-0.4, -0.2) is 56.8 Å². The van der Waals surface area contributed by atoms with Gasteiger partial charge in [0, 0.05) is 20.1 Å². The van der Waals surface area contributed by atoms with E-state index in [0.717, 1.165) is 12.8 Å². The molecule has 2 rings (SSSR count). The largest absolute Gasteiger partial charge is 0.495 e. The number of methoxy groups -OCH3 is 1. The standard InChI is InChI=1S/C16H24N2O4S/c1-4-5-8-13-16(19)17(2)11-12-18(13)23(20,21)15-10-7-6-9-14(15)22-3/h6-7,9-10,13H,4-5,8,11-12H2,1-3H3/t13-/m1/s1. The maximum atomic E-state index is 13.1. The van der Waals surface area contributed by atoms with E-state index in [-0.39, 0.29) is 10.8 Å². The number of hydrogen-bond donors (Lipinski definition) is 0. The minimum atomic E-state index is -3.78. The van der Waals surface area contributed by atoms with Crippen LogP contribution < -0.4 is 4.74 Å². The minimum Gasteiger partial charge on any atom is -0.495 e. The van der Waals surface area contributed by atoms with Gasteiger partial charge in [0.2, 0.25) is 15.9 Å². The monoisotopic (exact) mass is 340 g/mol. The van der Waals surface area contributed by atoms with Crippen molar-refractivity contribution < 1.29 is 17.9 Å². The van der Waals surface area contributed by atoms with Crippen LogP contribution in [0.4, 0.5) is 0 Å². The lowest BCUT2D eigenvalue weighted by atomic mass is 10.1. The highest BCUT2D eigenvalue weighted by Crippen LogP contribution is 2.30. The lowest BCUT2D eigenvalue weighted by molar-refractivity contribution is -0.137. The lowest BCUT2D eigenvalue weighted by Gasteiger charge is -2.38. The van der Waals surface area contributed by atoms with Crippen LogP contribution in [-0.2, 0) is 14.8 Å². The molecule has 1 fully saturated rings. The Morgan fingerprint density at radius 3 is 2.61 bits per heavy atom. The second kappa shape index (κ2) is 7.31. The third-order valence-electron chi connectivity index (χ3n) is 4.15. The predicted octanol–water partition coefficient (Wildman–Crippen LogP) is 1.72. The highest BCUT2D eigenvalue weighted by molar-refractivity contribution is 7.89. The number of benzene rings is 1. The van der Waals surface area contributed by atoms with Gasteiger partial charge in [-0.05, 0) is 18.6 Å². The number of amides is 1. The van der Waals surface area contributed by atoms with Crippen LogP contribution in [0.15, 0.2) is 29.2 Å². The first-order chi connectivity index (χ1) is 10.9. The first-order valence-electron chi connectivity index (χ1n) is 7.83. The van der Waals surface area contributed by atoms with Crippen molar-refractivity contribution in [3.63, 3.8) is 0 Å². The molecule has 0 bridgehead atoms. The molecular formula is C16H24N2O4S. The fourth-order valence-electron chi connectivity index (χ4n) is 2.80. The first kappa shape index (κ1) is 17.7. The molecule has 23 heavy (non-hydrogen) atoms. The number of para-hydroxylation sites is 1. The first-order valence-corrected chi connectivity index (χ1v) is 9.27. The summed E-state index contributed by atoms with van der Waals surface area (Å²) in [5.41, 5.74) is 0. The Morgan fingerprint density at radius 1 is 1.26 bits per heavy atom. The molecule has 0 saturated carbocycles. The SMILES string of the molecule is CCCC[C@@H]1C(=O)N(C)CCN1S(=O)(=O)c1ccccc1OC. The molecule has 1 aliphatic heterocycles. The van der Waals surface area contributed by atoms with Gasteiger partial charge in [0.15, 0.2) is 0 Å². The summed E-state index contributed by atoms with van der Waals surface area (Å²) < 4.78 is 32.7. The van der Waals surface area contributed by atoms with Crippen molar-refractivity contribution in [2.75, 3.05) is 27.2 Å². The molecule has 0 aromatic heterocycles. The molecule has 7 heteroatoms. The van der Waals surface area contributed by atoms with Gasteiger partial charge in [-0.1, -0.05) is 31.9 Å². The fourth-order valence-corrected chi connectivity index (χ4v) is 4.56. The second-order valence-corrected chi connectivity index (χ2v) is 7.54. The Balaban J connectivity index is 2.41. The smallest absolute Gasteiger partial charge is 0.247 e. The number of sulfonamides is 1. The summed E-state index contributed by atoms with van der Waals surface area (Å²) in [6.45, 7) is 2.73. The average Bonchev–Trinajstić information content (AvgIpc) is 2.55. The van der Waals surface area contributed by atoms with Crippen LogP contribution >= 0.6 is 0 Å². The molecule has 1 aromatic carbocycles. The number of piperazine rings is 1. The molecule has 1 saturated heterocycles.